The third kappa shape index (κ3) is 3.48. The fourth-order valence-electron chi connectivity index (χ4n) is 1.39. The average Bonchev–Trinajstić information content (AvgIpc) is 2.07. The summed E-state index contributed by atoms with van der Waals surface area (Å²) in [6, 6.07) is 0. The number of halogens is 1. The molecule has 1 heterocycles. The van der Waals surface area contributed by atoms with Crippen molar-refractivity contribution in [2.24, 2.45) is 0 Å². The van der Waals surface area contributed by atoms with Crippen LogP contribution >= 0.6 is 8.07 Å². The molecule has 66 valence electrons. The molecule has 0 N–H and O–H groups in total. The van der Waals surface area contributed by atoms with E-state index in [0.717, 1.165) is 17.5 Å². The summed E-state index contributed by atoms with van der Waals surface area (Å²) in [5.41, 5.74) is 0. The van der Waals surface area contributed by atoms with Crippen LogP contribution in [0, 0.1) is 0 Å². The molecule has 1 fully saturated rings. The summed E-state index contributed by atoms with van der Waals surface area (Å²) in [4.78, 5) is 1.07. The van der Waals surface area contributed by atoms with E-state index in [1.165, 1.54) is 25.7 Å². The number of nitrogens with zero attached hydrogens (tertiary/aromatic N) is 1. The maximum Gasteiger partial charge on any atom is 0.0331 e. The molecule has 1 rings (SSSR count). The summed E-state index contributed by atoms with van der Waals surface area (Å²) in [7, 11) is -0.447. The highest BCUT2D eigenvalue weighted by Gasteiger charge is 2.13. The van der Waals surface area contributed by atoms with Gasteiger partial charge in [-0.2, -0.15) is 0 Å². The molecule has 3 heteroatoms. The highest BCUT2D eigenvalue weighted by Crippen LogP contribution is 2.38. The fraction of sp³-hybridized carbons (Fsp3) is 1.00. The summed E-state index contributed by atoms with van der Waals surface area (Å²) >= 11 is 0. The van der Waals surface area contributed by atoms with Crippen molar-refractivity contribution < 1.29 is 4.48 Å². The quantitative estimate of drug-likeness (QED) is 0.406. The molecule has 0 spiro atoms. The molecule has 11 heavy (non-hydrogen) atoms. The number of hydrogen-bond donors (Lipinski definition) is 0. The van der Waals surface area contributed by atoms with Gasteiger partial charge < -0.3 is 0 Å². The van der Waals surface area contributed by atoms with E-state index in [0.29, 0.717) is 6.54 Å². The van der Waals surface area contributed by atoms with Crippen molar-refractivity contribution in [2.75, 3.05) is 19.4 Å². The van der Waals surface area contributed by atoms with E-state index in [2.05, 4.69) is 0 Å². The minimum absolute atomic E-state index is 0.447. The molecule has 0 aromatic carbocycles. The molecule has 1 aliphatic heterocycles. The van der Waals surface area contributed by atoms with Gasteiger partial charge in [0.1, 0.15) is 0 Å². The lowest BCUT2D eigenvalue weighted by atomic mass is 10.2. The van der Waals surface area contributed by atoms with Crippen LogP contribution in [0.2, 0.25) is 0 Å². The Morgan fingerprint density at radius 3 is 2.55 bits per heavy atom. The van der Waals surface area contributed by atoms with Gasteiger partial charge in [0, 0.05) is 6.54 Å². The molecule has 1 aliphatic rings. The lowest BCUT2D eigenvalue weighted by Crippen LogP contribution is -2.08. The van der Waals surface area contributed by atoms with E-state index in [9.17, 15) is 4.48 Å². The first-order valence-electron chi connectivity index (χ1n) is 4.45. The van der Waals surface area contributed by atoms with Crippen molar-refractivity contribution in [3.63, 3.8) is 0 Å². The third-order valence-electron chi connectivity index (χ3n) is 2.19. The van der Waals surface area contributed by atoms with Crippen LogP contribution in [-0.2, 0) is 0 Å². The van der Waals surface area contributed by atoms with E-state index in [4.69, 9.17) is 0 Å². The Morgan fingerprint density at radius 1 is 1.09 bits per heavy atom. The van der Waals surface area contributed by atoms with E-state index in [1.54, 1.807) is 0 Å². The number of hydrogen-bond acceptors (Lipinski definition) is 1. The van der Waals surface area contributed by atoms with Gasteiger partial charge in [-0.1, -0.05) is 19.3 Å². The minimum Gasteiger partial charge on any atom is -0.131 e. The lowest BCUT2D eigenvalue weighted by molar-refractivity contribution is 0.147. The maximum atomic E-state index is 13.1. The zero-order chi connectivity index (χ0) is 8.10. The van der Waals surface area contributed by atoms with Crippen molar-refractivity contribution in [2.45, 2.75) is 32.1 Å². The SMILES string of the molecule is CP1CCCCCCCN1F. The van der Waals surface area contributed by atoms with Crippen LogP contribution in [0.25, 0.3) is 0 Å². The van der Waals surface area contributed by atoms with Crippen LogP contribution in [0.1, 0.15) is 32.1 Å². The van der Waals surface area contributed by atoms with E-state index in [-0.39, 0.29) is 0 Å². The molecular weight excluding hydrogens is 160 g/mol. The van der Waals surface area contributed by atoms with Crippen molar-refractivity contribution in [3.05, 3.63) is 0 Å². The molecular formula is C8H17FNP. The van der Waals surface area contributed by atoms with Gasteiger partial charge in [0.25, 0.3) is 0 Å². The van der Waals surface area contributed by atoms with Crippen LogP contribution in [0.4, 0.5) is 4.48 Å². The zero-order valence-corrected chi connectivity index (χ0v) is 8.12. The minimum atomic E-state index is -0.447. The summed E-state index contributed by atoms with van der Waals surface area (Å²) in [6.45, 7) is 2.71. The van der Waals surface area contributed by atoms with Gasteiger partial charge in [-0.3, -0.25) is 0 Å². The second-order valence-corrected chi connectivity index (χ2v) is 5.41. The van der Waals surface area contributed by atoms with Gasteiger partial charge in [-0.05, 0) is 33.7 Å². The average molecular weight is 177 g/mol. The normalized spacial score (nSPS) is 30.5. The van der Waals surface area contributed by atoms with Gasteiger partial charge in [-0.15, -0.1) is 9.37 Å². The topological polar surface area (TPSA) is 3.24 Å². The van der Waals surface area contributed by atoms with E-state index < -0.39 is 8.07 Å². The van der Waals surface area contributed by atoms with Gasteiger partial charge in [0.05, 0.1) is 0 Å². The van der Waals surface area contributed by atoms with Crippen LogP contribution < -0.4 is 0 Å². The Balaban J connectivity index is 2.29. The second-order valence-electron chi connectivity index (χ2n) is 3.21. The zero-order valence-electron chi connectivity index (χ0n) is 7.22. The van der Waals surface area contributed by atoms with E-state index in [1.807, 2.05) is 6.66 Å². The van der Waals surface area contributed by atoms with Gasteiger partial charge in [0.2, 0.25) is 0 Å². The molecule has 0 radical (unpaired) electrons. The smallest absolute Gasteiger partial charge is 0.0331 e. The van der Waals surface area contributed by atoms with Crippen LogP contribution in [0.15, 0.2) is 0 Å². The first-order chi connectivity index (χ1) is 5.30. The molecule has 0 aliphatic carbocycles. The molecule has 1 atom stereocenters. The highest BCUT2D eigenvalue weighted by molar-refractivity contribution is 7.54. The number of rotatable bonds is 0. The standard InChI is InChI=1S/C8H17FNP/c1-11-8-6-4-2-3-5-7-10(11)9/h2-8H2,1H3. The van der Waals surface area contributed by atoms with Crippen LogP contribution in [0.5, 0.6) is 0 Å². The highest BCUT2D eigenvalue weighted by atomic mass is 31.1. The second kappa shape index (κ2) is 5.05. The summed E-state index contributed by atoms with van der Waals surface area (Å²) in [5, 5.41) is 0. The first-order valence-corrected chi connectivity index (χ1v) is 6.38. The van der Waals surface area contributed by atoms with Crippen LogP contribution in [-0.4, -0.2) is 24.3 Å². The monoisotopic (exact) mass is 177 g/mol. The Morgan fingerprint density at radius 2 is 1.73 bits per heavy atom. The predicted octanol–water partition coefficient (Wildman–Crippen LogP) is 3.16. The molecule has 1 unspecified atom stereocenters. The summed E-state index contributed by atoms with van der Waals surface area (Å²) in [6.07, 6.45) is 7.18. The van der Waals surface area contributed by atoms with Crippen molar-refractivity contribution >= 4 is 8.07 Å². The Bertz CT molecular complexity index is 98.3. The third-order valence-corrected chi connectivity index (χ3v) is 4.10. The van der Waals surface area contributed by atoms with Gasteiger partial charge >= 0.3 is 0 Å². The van der Waals surface area contributed by atoms with Crippen molar-refractivity contribution in [1.82, 2.24) is 4.89 Å². The Kier molecular flexibility index (Phi) is 4.32. The van der Waals surface area contributed by atoms with Crippen LogP contribution in [0.3, 0.4) is 0 Å². The largest absolute Gasteiger partial charge is 0.131 e. The van der Waals surface area contributed by atoms with E-state index >= 15 is 0 Å². The fourth-order valence-corrected chi connectivity index (χ4v) is 2.77. The summed E-state index contributed by atoms with van der Waals surface area (Å²) < 4.78 is 13.1. The predicted molar refractivity (Wildman–Crippen MR) is 48.6 cm³/mol. The molecule has 0 bridgehead atoms. The Labute approximate surface area is 69.7 Å². The molecule has 1 saturated heterocycles. The van der Waals surface area contributed by atoms with Gasteiger partial charge in [0.15, 0.2) is 0 Å². The first kappa shape index (κ1) is 9.41. The molecule has 1 nitrogen and oxygen atoms in total. The molecule has 0 aromatic heterocycles. The molecule has 0 amide bonds. The molecule has 0 saturated carbocycles. The Hall–Kier alpha value is 0.320. The maximum absolute atomic E-state index is 13.1. The molecule has 0 aromatic rings. The lowest BCUT2D eigenvalue weighted by Gasteiger charge is -2.17. The summed E-state index contributed by atoms with van der Waals surface area (Å²) in [5.74, 6) is 0. The van der Waals surface area contributed by atoms with Crippen molar-refractivity contribution in [1.29, 1.82) is 0 Å². The van der Waals surface area contributed by atoms with Gasteiger partial charge in [-0.25, -0.2) is 0 Å². The van der Waals surface area contributed by atoms with Crippen molar-refractivity contribution in [3.8, 4) is 0 Å².